The van der Waals surface area contributed by atoms with E-state index in [2.05, 4.69) is 0 Å². The van der Waals surface area contributed by atoms with Crippen molar-refractivity contribution in [1.29, 1.82) is 0 Å². The van der Waals surface area contributed by atoms with Crippen LogP contribution in [0.15, 0.2) is 60.7 Å². The summed E-state index contributed by atoms with van der Waals surface area (Å²) in [6.45, 7) is 17.1. The van der Waals surface area contributed by atoms with Crippen LogP contribution in [0.2, 0.25) is 0 Å². The molecule has 2 aromatic carbocycles. The summed E-state index contributed by atoms with van der Waals surface area (Å²) in [6.07, 6.45) is -9.59. The summed E-state index contributed by atoms with van der Waals surface area (Å²) in [5, 5.41) is 23.6. The van der Waals surface area contributed by atoms with Crippen LogP contribution in [0.1, 0.15) is 116 Å². The number of ketones is 1. The molecule has 3 saturated heterocycles. The number of carbonyl (C=O) groups is 4. The van der Waals surface area contributed by atoms with Crippen LogP contribution in [0.3, 0.4) is 0 Å². The first-order chi connectivity index (χ1) is 31.9. The molecule has 5 rings (SSSR count). The van der Waals surface area contributed by atoms with Gasteiger partial charge in [0.15, 0.2) is 24.8 Å². The first-order valence-corrected chi connectivity index (χ1v) is 24.0. The maximum atomic E-state index is 14.7. The summed E-state index contributed by atoms with van der Waals surface area (Å²) < 4.78 is 58.3. The number of Topliss-reactive ketones (excluding diaryl/α,β-unsaturated/α-hetero) is 1. The van der Waals surface area contributed by atoms with Crippen molar-refractivity contribution in [2.24, 2.45) is 23.7 Å². The van der Waals surface area contributed by atoms with Gasteiger partial charge >= 0.3 is 17.9 Å². The lowest BCUT2D eigenvalue weighted by Gasteiger charge is -2.50. The van der Waals surface area contributed by atoms with E-state index in [-0.39, 0.29) is 37.2 Å². The normalized spacial score (nSPS) is 39.9. The molecule has 18 atom stereocenters. The average Bonchev–Trinajstić information content (AvgIpc) is 3.31. The number of methoxy groups -OCH3 is 2. The molecule has 0 radical (unpaired) electrons. The molecular formula is C52H77NO15. The number of esters is 3. The number of aliphatic hydroxyl groups is 2. The third-order valence-electron chi connectivity index (χ3n) is 14.7. The van der Waals surface area contributed by atoms with Gasteiger partial charge in [0.25, 0.3) is 0 Å². The van der Waals surface area contributed by atoms with Gasteiger partial charge in [0.05, 0.1) is 59.2 Å². The Kier molecular flexibility index (Phi) is 18.6. The maximum absolute atomic E-state index is 14.7. The zero-order valence-corrected chi connectivity index (χ0v) is 42.4. The van der Waals surface area contributed by atoms with Crippen LogP contribution in [0.5, 0.6) is 0 Å². The van der Waals surface area contributed by atoms with Gasteiger partial charge in [-0.05, 0) is 99.2 Å². The third kappa shape index (κ3) is 12.2. The summed E-state index contributed by atoms with van der Waals surface area (Å²) >= 11 is 0. The summed E-state index contributed by atoms with van der Waals surface area (Å²) in [7, 11) is 6.79. The molecule has 2 aromatic rings. The highest BCUT2D eigenvalue weighted by atomic mass is 16.7. The Morgan fingerprint density at radius 2 is 1.29 bits per heavy atom. The molecular weight excluding hydrogens is 879 g/mol. The Morgan fingerprint density at radius 3 is 1.82 bits per heavy atom. The molecule has 380 valence electrons. The Morgan fingerprint density at radius 1 is 0.750 bits per heavy atom. The number of likely N-dealkylation sites (N-methyl/N-ethyl adjacent to an activating group) is 1. The molecule has 3 heterocycles. The van der Waals surface area contributed by atoms with E-state index in [9.17, 15) is 29.4 Å². The minimum atomic E-state index is -2.03. The molecule has 3 fully saturated rings. The number of benzene rings is 2. The maximum Gasteiger partial charge on any atom is 0.338 e. The molecule has 2 N–H and O–H groups in total. The van der Waals surface area contributed by atoms with E-state index in [1.807, 2.05) is 32.8 Å². The second-order valence-electron chi connectivity index (χ2n) is 20.1. The fraction of sp³-hybridized carbons (Fsp3) is 0.692. The standard InChI is InChI=1S/C52H77NO15/c1-15-38-52(10,59)43(55)31(4)40(54)29(2)27-50(8,60-13)44(68-49-42(37(53(11)12)26-30(3)62-49)66-47(57)35-22-18-16-19-23-35)32(5)41(33(6)46(56)64-38)65-39-28-51(9,61-14)45(34(7)63-39)67-48(58)36-24-20-17-21-25-36/h16-25,29-34,37-39,41-45,49,55,59H,15,26-28H2,1-14H3/t29-,30-,31+,32+,33-,34+,37+,38-,39+,41+,42-,43-,44-,45+,49+,50-,51-,52-/m1/s1. The number of nitrogens with zero attached hydrogens (tertiary/aromatic N) is 1. The summed E-state index contributed by atoms with van der Waals surface area (Å²) in [6, 6.07) is 16.9. The Balaban J connectivity index is 1.62. The van der Waals surface area contributed by atoms with Gasteiger partial charge in [-0.2, -0.15) is 0 Å². The van der Waals surface area contributed by atoms with Gasteiger partial charge in [-0.25, -0.2) is 9.59 Å². The highest BCUT2D eigenvalue weighted by Crippen LogP contribution is 2.43. The molecule has 3 aliphatic heterocycles. The molecule has 0 amide bonds. The van der Waals surface area contributed by atoms with E-state index in [1.54, 1.807) is 109 Å². The van der Waals surface area contributed by atoms with Gasteiger partial charge in [-0.3, -0.25) is 9.59 Å². The predicted molar refractivity (Wildman–Crippen MR) is 250 cm³/mol. The fourth-order valence-corrected chi connectivity index (χ4v) is 10.4. The Hall–Kier alpha value is -3.84. The number of carbonyl (C=O) groups excluding carboxylic acids is 4. The van der Waals surface area contributed by atoms with E-state index in [0.29, 0.717) is 17.5 Å². The highest BCUT2D eigenvalue weighted by Gasteiger charge is 2.55. The number of hydrogen-bond acceptors (Lipinski definition) is 16. The molecule has 68 heavy (non-hydrogen) atoms. The van der Waals surface area contributed by atoms with Gasteiger partial charge in [-0.1, -0.05) is 64.1 Å². The lowest BCUT2D eigenvalue weighted by atomic mass is 9.74. The smallest absolute Gasteiger partial charge is 0.338 e. The van der Waals surface area contributed by atoms with Gasteiger partial charge < -0.3 is 57.7 Å². The van der Waals surface area contributed by atoms with Crippen LogP contribution in [0.4, 0.5) is 0 Å². The van der Waals surface area contributed by atoms with Crippen molar-refractivity contribution in [3.05, 3.63) is 71.8 Å². The van der Waals surface area contributed by atoms with Crippen LogP contribution in [0.25, 0.3) is 0 Å². The van der Waals surface area contributed by atoms with Gasteiger partial charge in [-0.15, -0.1) is 0 Å². The number of hydrogen-bond donors (Lipinski definition) is 2. The van der Waals surface area contributed by atoms with Crippen LogP contribution in [-0.2, 0) is 52.2 Å². The van der Waals surface area contributed by atoms with Gasteiger partial charge in [0.2, 0.25) is 0 Å². The zero-order chi connectivity index (χ0) is 50.5. The quantitative estimate of drug-likeness (QED) is 0.181. The Labute approximate surface area is 402 Å². The number of aliphatic hydroxyl groups excluding tert-OH is 1. The van der Waals surface area contributed by atoms with Crippen molar-refractivity contribution in [2.75, 3.05) is 28.3 Å². The molecule has 0 saturated carbocycles. The van der Waals surface area contributed by atoms with E-state index in [1.165, 1.54) is 21.1 Å². The second-order valence-corrected chi connectivity index (χ2v) is 20.1. The zero-order valence-electron chi connectivity index (χ0n) is 42.4. The predicted octanol–water partition coefficient (Wildman–Crippen LogP) is 6.17. The summed E-state index contributed by atoms with van der Waals surface area (Å²) in [5.41, 5.74) is -3.84. The highest BCUT2D eigenvalue weighted by molar-refractivity contribution is 5.90. The lowest BCUT2D eigenvalue weighted by molar-refractivity contribution is -0.318. The SMILES string of the molecule is CC[C@H]1OC(=O)[C@H](C)[C@@H](O[C@H]2C[C@@](C)(OC)[C@@H](OC(=O)c3ccccc3)[C@H](C)O2)[C@H](C)[C@@H](O[C@@H]2O[C@H](C)C[C@H](N(C)C)[C@H]2OC(=O)c2ccccc2)[C@](C)(OC)C[C@@H](C)C(=O)[C@H](C)[C@@H](O)[C@]1(C)O. The van der Waals surface area contributed by atoms with Crippen LogP contribution >= 0.6 is 0 Å². The molecule has 16 heteroatoms. The monoisotopic (exact) mass is 956 g/mol. The minimum Gasteiger partial charge on any atom is -0.459 e. The van der Waals surface area contributed by atoms with Gasteiger partial charge in [0, 0.05) is 38.4 Å². The van der Waals surface area contributed by atoms with E-state index < -0.39 is 114 Å². The van der Waals surface area contributed by atoms with E-state index in [4.69, 9.17) is 42.6 Å². The molecule has 16 nitrogen and oxygen atoms in total. The molecule has 0 aliphatic carbocycles. The van der Waals surface area contributed by atoms with Crippen LogP contribution in [-0.4, -0.2) is 151 Å². The molecule has 0 unspecified atom stereocenters. The van der Waals surface area contributed by atoms with Crippen LogP contribution in [0, 0.1) is 23.7 Å². The van der Waals surface area contributed by atoms with Crippen LogP contribution < -0.4 is 0 Å². The first kappa shape index (κ1) is 55.1. The molecule has 0 aromatic heterocycles. The average molecular weight is 956 g/mol. The van der Waals surface area contributed by atoms with Crippen molar-refractivity contribution in [3.8, 4) is 0 Å². The van der Waals surface area contributed by atoms with Crippen molar-refractivity contribution in [2.45, 2.75) is 179 Å². The largest absolute Gasteiger partial charge is 0.459 e. The Bertz CT molecular complexity index is 1980. The second kappa shape index (κ2) is 22.9. The number of ether oxygens (including phenoxy) is 9. The molecule has 3 aliphatic rings. The van der Waals surface area contributed by atoms with Crippen molar-refractivity contribution in [1.82, 2.24) is 4.90 Å². The molecule has 0 bridgehead atoms. The fourth-order valence-electron chi connectivity index (χ4n) is 10.4. The van der Waals surface area contributed by atoms with E-state index in [0.717, 1.165) is 0 Å². The van der Waals surface area contributed by atoms with Gasteiger partial charge in [0.1, 0.15) is 23.1 Å². The third-order valence-corrected chi connectivity index (χ3v) is 14.7. The summed E-state index contributed by atoms with van der Waals surface area (Å²) in [4.78, 5) is 58.2. The first-order valence-electron chi connectivity index (χ1n) is 24.0. The van der Waals surface area contributed by atoms with Crippen molar-refractivity contribution < 1.29 is 72.0 Å². The summed E-state index contributed by atoms with van der Waals surface area (Å²) in [5.74, 6) is -6.04. The van der Waals surface area contributed by atoms with Crippen molar-refractivity contribution >= 4 is 23.7 Å². The lowest BCUT2D eigenvalue weighted by Crippen LogP contribution is -2.62. The number of rotatable bonds is 12. The molecule has 0 spiro atoms. The van der Waals surface area contributed by atoms with E-state index >= 15 is 0 Å². The van der Waals surface area contributed by atoms with Crippen molar-refractivity contribution in [3.63, 3.8) is 0 Å². The topological polar surface area (TPSA) is 195 Å². The number of cyclic esters (lactones) is 1. The minimum absolute atomic E-state index is 0.0420.